The van der Waals surface area contributed by atoms with E-state index < -0.39 is 17.2 Å². The van der Waals surface area contributed by atoms with E-state index in [0.29, 0.717) is 5.69 Å². The van der Waals surface area contributed by atoms with Crippen molar-refractivity contribution < 1.29 is 8.78 Å². The van der Waals surface area contributed by atoms with Gasteiger partial charge < -0.3 is 9.80 Å². The van der Waals surface area contributed by atoms with Gasteiger partial charge in [0.05, 0.1) is 5.69 Å². The average Bonchev–Trinajstić information content (AvgIpc) is 2.80. The van der Waals surface area contributed by atoms with Crippen LogP contribution in [0.5, 0.6) is 0 Å². The van der Waals surface area contributed by atoms with Crippen LogP contribution < -0.4 is 9.80 Å². The summed E-state index contributed by atoms with van der Waals surface area (Å²) in [6, 6.07) is 4.95. The van der Waals surface area contributed by atoms with Gasteiger partial charge in [0.2, 0.25) is 0 Å². The number of halogens is 2. The summed E-state index contributed by atoms with van der Waals surface area (Å²) in [4.78, 5) is 3.69. The Labute approximate surface area is 147 Å². The fourth-order valence-corrected chi connectivity index (χ4v) is 3.55. The van der Waals surface area contributed by atoms with Gasteiger partial charge in [-0.25, -0.2) is 8.78 Å². The predicted octanol–water partition coefficient (Wildman–Crippen LogP) is 5.00. The quantitative estimate of drug-likeness (QED) is 0.731. The molecule has 2 aromatic carbocycles. The highest BCUT2D eigenvalue weighted by atomic mass is 19.1. The Bertz CT molecular complexity index is 928. The fraction of sp³-hybridized carbons (Fsp3) is 0.350. The van der Waals surface area contributed by atoms with Gasteiger partial charge in [0.15, 0.2) is 5.82 Å². The van der Waals surface area contributed by atoms with Crippen LogP contribution in [0, 0.1) is 50.7 Å². The Kier molecular flexibility index (Phi) is 3.95. The molecule has 0 aromatic heterocycles. The monoisotopic (exact) mass is 341 g/mol. The maximum Gasteiger partial charge on any atom is 0.169 e. The van der Waals surface area contributed by atoms with Crippen LogP contribution in [0.15, 0.2) is 12.1 Å². The summed E-state index contributed by atoms with van der Waals surface area (Å²) in [5.41, 5.74) is 5.73. The second-order valence-corrected chi connectivity index (χ2v) is 6.73. The zero-order valence-corrected chi connectivity index (χ0v) is 15.3. The Morgan fingerprint density at radius 1 is 1.00 bits per heavy atom. The van der Waals surface area contributed by atoms with E-state index >= 15 is 0 Å². The van der Waals surface area contributed by atoms with Crippen LogP contribution in [0.4, 0.5) is 25.8 Å². The molecule has 0 amide bonds. The maximum atomic E-state index is 14.7. The molecule has 1 heterocycles. The molecule has 0 saturated carbocycles. The van der Waals surface area contributed by atoms with Crippen molar-refractivity contribution in [2.75, 3.05) is 16.8 Å². The summed E-state index contributed by atoms with van der Waals surface area (Å²) in [6.07, 6.45) is -0.196. The molecule has 3 nitrogen and oxygen atoms in total. The number of nitriles is 1. The van der Waals surface area contributed by atoms with E-state index in [9.17, 15) is 8.78 Å². The average molecular weight is 341 g/mol. The minimum absolute atomic E-state index is 0.196. The summed E-state index contributed by atoms with van der Waals surface area (Å²) in [7, 11) is 1.76. The Morgan fingerprint density at radius 3 is 2.24 bits per heavy atom. The van der Waals surface area contributed by atoms with Crippen molar-refractivity contribution in [2.24, 2.45) is 0 Å². The van der Waals surface area contributed by atoms with Gasteiger partial charge in [-0.3, -0.25) is 0 Å². The van der Waals surface area contributed by atoms with Gasteiger partial charge >= 0.3 is 0 Å². The van der Waals surface area contributed by atoms with E-state index in [1.807, 2.05) is 25.7 Å². The fourth-order valence-electron chi connectivity index (χ4n) is 3.55. The Hall–Kier alpha value is -2.61. The third kappa shape index (κ3) is 2.28. The van der Waals surface area contributed by atoms with Crippen LogP contribution >= 0.6 is 0 Å². The molecule has 0 spiro atoms. The summed E-state index contributed by atoms with van der Waals surface area (Å²) in [5.74, 6) is -1.63. The topological polar surface area (TPSA) is 30.3 Å². The van der Waals surface area contributed by atoms with Gasteiger partial charge in [0.1, 0.15) is 29.3 Å². The van der Waals surface area contributed by atoms with Crippen molar-refractivity contribution >= 4 is 17.1 Å². The molecule has 5 heteroatoms. The highest BCUT2D eigenvalue weighted by molar-refractivity contribution is 5.86. The number of rotatable bonds is 1. The largest absolute Gasteiger partial charge is 0.350 e. The number of hydrogen-bond donors (Lipinski definition) is 0. The first kappa shape index (κ1) is 17.2. The maximum absolute atomic E-state index is 14.7. The molecule has 130 valence electrons. The van der Waals surface area contributed by atoms with Gasteiger partial charge in [0.25, 0.3) is 0 Å². The molecule has 1 aliphatic heterocycles. The van der Waals surface area contributed by atoms with Crippen LogP contribution in [0.1, 0.15) is 34.7 Å². The number of fused-ring (bicyclic) bond motifs is 1. The zero-order chi connectivity index (χ0) is 18.6. The highest BCUT2D eigenvalue weighted by Crippen LogP contribution is 2.47. The Balaban J connectivity index is 2.31. The van der Waals surface area contributed by atoms with Crippen molar-refractivity contribution in [3.05, 3.63) is 51.6 Å². The number of aryl methyl sites for hydroxylation is 1. The van der Waals surface area contributed by atoms with E-state index in [1.165, 1.54) is 17.2 Å². The van der Waals surface area contributed by atoms with Crippen LogP contribution in [-0.2, 0) is 0 Å². The number of hydrogen-bond acceptors (Lipinski definition) is 3. The molecule has 0 N–H and O–H groups in total. The van der Waals surface area contributed by atoms with E-state index in [0.717, 1.165) is 16.8 Å². The van der Waals surface area contributed by atoms with Gasteiger partial charge in [0, 0.05) is 18.8 Å². The number of anilines is 3. The van der Waals surface area contributed by atoms with Crippen LogP contribution in [0.25, 0.3) is 0 Å². The lowest BCUT2D eigenvalue weighted by atomic mass is 9.97. The lowest BCUT2D eigenvalue weighted by Gasteiger charge is -2.30. The van der Waals surface area contributed by atoms with Crippen molar-refractivity contribution in [3.8, 4) is 6.07 Å². The molecule has 3 rings (SSSR count). The molecule has 0 aliphatic carbocycles. The number of nitrogens with zero attached hydrogens (tertiary/aromatic N) is 3. The SMILES string of the molecule is Cc1cc(N2c3cc(F)c(C#N)c(F)c3N(C)[C@@H]2C)c(C)c(C)c1C. The first-order chi connectivity index (χ1) is 11.7. The molecule has 0 saturated heterocycles. The van der Waals surface area contributed by atoms with Crippen LogP contribution in [0.3, 0.4) is 0 Å². The minimum atomic E-state index is -0.829. The van der Waals surface area contributed by atoms with Crippen molar-refractivity contribution in [1.29, 1.82) is 5.26 Å². The van der Waals surface area contributed by atoms with Gasteiger partial charge in [-0.2, -0.15) is 5.26 Å². The first-order valence-electron chi connectivity index (χ1n) is 8.22. The van der Waals surface area contributed by atoms with E-state index in [4.69, 9.17) is 5.26 Å². The standard InChI is InChI=1S/C20H21F2N3/c1-10-7-17(13(4)12(3)11(10)2)25-14(5)24(6)20-18(25)8-16(21)15(9-23)19(20)22/h7-8,14H,1-6H3/t14-/m0/s1. The second kappa shape index (κ2) is 5.73. The summed E-state index contributed by atoms with van der Waals surface area (Å²) < 4.78 is 29.0. The first-order valence-corrected chi connectivity index (χ1v) is 8.22. The second-order valence-electron chi connectivity index (χ2n) is 6.73. The lowest BCUT2D eigenvalue weighted by molar-refractivity contribution is 0.577. The minimum Gasteiger partial charge on any atom is -0.350 e. The van der Waals surface area contributed by atoms with E-state index in [2.05, 4.69) is 19.9 Å². The predicted molar refractivity (Wildman–Crippen MR) is 96.5 cm³/mol. The molecule has 1 atom stereocenters. The normalized spacial score (nSPS) is 16.2. The van der Waals surface area contributed by atoms with E-state index in [1.54, 1.807) is 18.0 Å². The Morgan fingerprint density at radius 2 is 1.64 bits per heavy atom. The van der Waals surface area contributed by atoms with Gasteiger partial charge in [-0.15, -0.1) is 0 Å². The molecule has 0 fully saturated rings. The molecule has 0 radical (unpaired) electrons. The molecular formula is C20H21F2N3. The van der Waals surface area contributed by atoms with E-state index in [-0.39, 0.29) is 11.9 Å². The summed E-state index contributed by atoms with van der Waals surface area (Å²) >= 11 is 0. The molecule has 0 unspecified atom stereocenters. The summed E-state index contributed by atoms with van der Waals surface area (Å²) in [5, 5.41) is 9.05. The van der Waals surface area contributed by atoms with Crippen molar-refractivity contribution in [3.63, 3.8) is 0 Å². The smallest absolute Gasteiger partial charge is 0.169 e. The third-order valence-corrected chi connectivity index (χ3v) is 5.54. The highest BCUT2D eigenvalue weighted by Gasteiger charge is 2.37. The summed E-state index contributed by atoms with van der Waals surface area (Å²) in [6.45, 7) is 10.1. The van der Waals surface area contributed by atoms with Crippen LogP contribution in [-0.4, -0.2) is 13.2 Å². The lowest BCUT2D eigenvalue weighted by Crippen LogP contribution is -2.36. The number of benzene rings is 2. The van der Waals surface area contributed by atoms with Gasteiger partial charge in [-0.1, -0.05) is 0 Å². The zero-order valence-electron chi connectivity index (χ0n) is 15.3. The molecule has 0 bridgehead atoms. The molecule has 1 aliphatic rings. The third-order valence-electron chi connectivity index (χ3n) is 5.54. The van der Waals surface area contributed by atoms with Gasteiger partial charge in [-0.05, 0) is 62.9 Å². The molecule has 2 aromatic rings. The molecule has 25 heavy (non-hydrogen) atoms. The van der Waals surface area contributed by atoms with Crippen molar-refractivity contribution in [1.82, 2.24) is 0 Å². The van der Waals surface area contributed by atoms with Crippen LogP contribution in [0.2, 0.25) is 0 Å². The molecular weight excluding hydrogens is 320 g/mol. The van der Waals surface area contributed by atoms with Crippen molar-refractivity contribution in [2.45, 2.75) is 40.8 Å².